The molecular formula is C18H22ClN3O2. The van der Waals surface area contributed by atoms with Gasteiger partial charge in [0.2, 0.25) is 0 Å². The number of hydrogen-bond donors (Lipinski definition) is 2. The molecule has 0 unspecified atom stereocenters. The molecule has 2 N–H and O–H groups in total. The van der Waals surface area contributed by atoms with E-state index in [1.165, 1.54) is 0 Å². The standard InChI is InChI=1S/C18H22ClN3O2/c1-22(2)17(13-6-4-9-16(10-13)24-3)12-20-18(23)21-15-8-5-7-14(19)11-15/h4-11,17H,12H2,1-3H3,(H2,20,21,23)/t17-/m0/s1. The van der Waals surface area contributed by atoms with E-state index in [1.54, 1.807) is 31.4 Å². The van der Waals surface area contributed by atoms with Crippen molar-refractivity contribution in [1.82, 2.24) is 10.2 Å². The third-order valence-electron chi connectivity index (χ3n) is 3.64. The maximum atomic E-state index is 12.1. The maximum absolute atomic E-state index is 12.1. The summed E-state index contributed by atoms with van der Waals surface area (Å²) in [5, 5.41) is 6.24. The molecule has 5 nitrogen and oxygen atoms in total. The predicted octanol–water partition coefficient (Wildman–Crippen LogP) is 3.77. The number of anilines is 1. The Morgan fingerprint density at radius 3 is 2.62 bits per heavy atom. The largest absolute Gasteiger partial charge is 0.497 e. The van der Waals surface area contributed by atoms with Crippen molar-refractivity contribution in [2.45, 2.75) is 6.04 Å². The van der Waals surface area contributed by atoms with Gasteiger partial charge in [0.1, 0.15) is 5.75 Å². The topological polar surface area (TPSA) is 53.6 Å². The van der Waals surface area contributed by atoms with E-state index in [9.17, 15) is 4.79 Å². The number of methoxy groups -OCH3 is 1. The van der Waals surface area contributed by atoms with Crippen LogP contribution in [-0.4, -0.2) is 38.7 Å². The molecule has 2 amide bonds. The smallest absolute Gasteiger partial charge is 0.319 e. The van der Waals surface area contributed by atoms with E-state index in [0.29, 0.717) is 17.3 Å². The average Bonchev–Trinajstić information content (AvgIpc) is 2.55. The highest BCUT2D eigenvalue weighted by molar-refractivity contribution is 6.30. The molecule has 2 aromatic rings. The molecule has 2 rings (SSSR count). The molecule has 24 heavy (non-hydrogen) atoms. The van der Waals surface area contributed by atoms with E-state index < -0.39 is 0 Å². The first-order chi connectivity index (χ1) is 11.5. The monoisotopic (exact) mass is 347 g/mol. The molecular weight excluding hydrogens is 326 g/mol. The zero-order chi connectivity index (χ0) is 17.5. The summed E-state index contributed by atoms with van der Waals surface area (Å²) in [6.07, 6.45) is 0. The number of nitrogens with zero attached hydrogens (tertiary/aromatic N) is 1. The minimum atomic E-state index is -0.271. The number of halogens is 1. The molecule has 0 aliphatic rings. The molecule has 0 aliphatic heterocycles. The number of amides is 2. The fourth-order valence-electron chi connectivity index (χ4n) is 2.38. The summed E-state index contributed by atoms with van der Waals surface area (Å²) < 4.78 is 5.27. The van der Waals surface area contributed by atoms with Crippen molar-refractivity contribution in [1.29, 1.82) is 0 Å². The Bertz CT molecular complexity index is 691. The molecule has 0 spiro atoms. The number of likely N-dealkylation sites (N-methyl/N-ethyl adjacent to an activating group) is 1. The van der Waals surface area contributed by atoms with E-state index in [0.717, 1.165) is 11.3 Å². The number of urea groups is 1. The number of nitrogens with one attached hydrogen (secondary N) is 2. The van der Waals surface area contributed by atoms with Crippen LogP contribution in [0.1, 0.15) is 11.6 Å². The van der Waals surface area contributed by atoms with Crippen LogP contribution in [0, 0.1) is 0 Å². The van der Waals surface area contributed by atoms with Crippen molar-refractivity contribution < 1.29 is 9.53 Å². The first kappa shape index (κ1) is 18.1. The van der Waals surface area contributed by atoms with Crippen LogP contribution in [0.2, 0.25) is 5.02 Å². The summed E-state index contributed by atoms with van der Waals surface area (Å²) in [6.45, 7) is 0.465. The van der Waals surface area contributed by atoms with Crippen LogP contribution >= 0.6 is 11.6 Å². The summed E-state index contributed by atoms with van der Waals surface area (Å²) >= 11 is 5.92. The van der Waals surface area contributed by atoms with Crippen LogP contribution in [0.4, 0.5) is 10.5 Å². The lowest BCUT2D eigenvalue weighted by atomic mass is 10.1. The van der Waals surface area contributed by atoms with Gasteiger partial charge in [-0.3, -0.25) is 0 Å². The van der Waals surface area contributed by atoms with Gasteiger partial charge in [0.05, 0.1) is 13.2 Å². The fraction of sp³-hybridized carbons (Fsp3) is 0.278. The molecule has 0 heterocycles. The fourth-order valence-corrected chi connectivity index (χ4v) is 2.57. The normalized spacial score (nSPS) is 11.9. The van der Waals surface area contributed by atoms with E-state index in [4.69, 9.17) is 16.3 Å². The second kappa shape index (κ2) is 8.57. The molecule has 0 bridgehead atoms. The highest BCUT2D eigenvalue weighted by atomic mass is 35.5. The van der Waals surface area contributed by atoms with Gasteiger partial charge >= 0.3 is 6.03 Å². The first-order valence-electron chi connectivity index (χ1n) is 7.60. The lowest BCUT2D eigenvalue weighted by molar-refractivity contribution is 0.243. The van der Waals surface area contributed by atoms with Gasteiger partial charge in [-0.1, -0.05) is 29.8 Å². The summed E-state index contributed by atoms with van der Waals surface area (Å²) in [5.41, 5.74) is 1.73. The van der Waals surface area contributed by atoms with Gasteiger partial charge in [-0.05, 0) is 50.0 Å². The average molecular weight is 348 g/mol. The van der Waals surface area contributed by atoms with Crippen molar-refractivity contribution in [3.8, 4) is 5.75 Å². The van der Waals surface area contributed by atoms with Crippen LogP contribution in [-0.2, 0) is 0 Å². The van der Waals surface area contributed by atoms with Crippen molar-refractivity contribution in [3.05, 3.63) is 59.1 Å². The molecule has 0 saturated heterocycles. The van der Waals surface area contributed by atoms with E-state index in [-0.39, 0.29) is 12.1 Å². The second-order valence-corrected chi connectivity index (χ2v) is 6.04. The van der Waals surface area contributed by atoms with Gasteiger partial charge in [0.25, 0.3) is 0 Å². The minimum Gasteiger partial charge on any atom is -0.497 e. The Morgan fingerprint density at radius 1 is 1.21 bits per heavy atom. The number of carbonyl (C=O) groups excluding carboxylic acids is 1. The van der Waals surface area contributed by atoms with E-state index in [2.05, 4.69) is 15.5 Å². The predicted molar refractivity (Wildman–Crippen MR) is 97.9 cm³/mol. The third-order valence-corrected chi connectivity index (χ3v) is 3.88. The summed E-state index contributed by atoms with van der Waals surface area (Å²) in [6, 6.07) is 14.6. The molecule has 0 aliphatic carbocycles. The number of rotatable bonds is 6. The maximum Gasteiger partial charge on any atom is 0.319 e. The van der Waals surface area contributed by atoms with Crippen LogP contribution in [0.25, 0.3) is 0 Å². The number of ether oxygens (including phenoxy) is 1. The van der Waals surface area contributed by atoms with Crippen LogP contribution in [0.3, 0.4) is 0 Å². The van der Waals surface area contributed by atoms with Crippen molar-refractivity contribution in [2.75, 3.05) is 33.1 Å². The molecule has 0 radical (unpaired) electrons. The Kier molecular flexibility index (Phi) is 6.46. The van der Waals surface area contributed by atoms with Gasteiger partial charge in [0, 0.05) is 17.3 Å². The van der Waals surface area contributed by atoms with E-state index >= 15 is 0 Å². The third kappa shape index (κ3) is 5.15. The minimum absolute atomic E-state index is 0.0326. The molecule has 6 heteroatoms. The molecule has 0 saturated carbocycles. The van der Waals surface area contributed by atoms with E-state index in [1.807, 2.05) is 38.4 Å². The summed E-state index contributed by atoms with van der Waals surface area (Å²) in [4.78, 5) is 14.1. The first-order valence-corrected chi connectivity index (χ1v) is 7.98. The summed E-state index contributed by atoms with van der Waals surface area (Å²) in [7, 11) is 5.59. The summed E-state index contributed by atoms with van der Waals surface area (Å²) in [5.74, 6) is 0.794. The van der Waals surface area contributed by atoms with Crippen LogP contribution in [0.5, 0.6) is 5.75 Å². The number of hydrogen-bond acceptors (Lipinski definition) is 3. The molecule has 0 fully saturated rings. The Labute approximate surface area is 147 Å². The highest BCUT2D eigenvalue weighted by Gasteiger charge is 2.16. The van der Waals surface area contributed by atoms with Crippen LogP contribution < -0.4 is 15.4 Å². The molecule has 128 valence electrons. The quantitative estimate of drug-likeness (QED) is 0.836. The van der Waals surface area contributed by atoms with Crippen molar-refractivity contribution in [2.24, 2.45) is 0 Å². The Morgan fingerprint density at radius 2 is 1.96 bits per heavy atom. The second-order valence-electron chi connectivity index (χ2n) is 5.60. The van der Waals surface area contributed by atoms with Crippen molar-refractivity contribution >= 4 is 23.3 Å². The zero-order valence-electron chi connectivity index (χ0n) is 14.0. The van der Waals surface area contributed by atoms with Crippen LogP contribution in [0.15, 0.2) is 48.5 Å². The highest BCUT2D eigenvalue weighted by Crippen LogP contribution is 2.22. The van der Waals surface area contributed by atoms with Gasteiger partial charge < -0.3 is 20.3 Å². The Balaban J connectivity index is 1.99. The molecule has 0 aromatic heterocycles. The van der Waals surface area contributed by atoms with Gasteiger partial charge in [-0.15, -0.1) is 0 Å². The van der Waals surface area contributed by atoms with Crippen molar-refractivity contribution in [3.63, 3.8) is 0 Å². The molecule has 2 aromatic carbocycles. The lowest BCUT2D eigenvalue weighted by Crippen LogP contribution is -2.36. The lowest BCUT2D eigenvalue weighted by Gasteiger charge is -2.25. The SMILES string of the molecule is COc1cccc([C@H](CNC(=O)Nc2cccc(Cl)c2)N(C)C)c1. The molecule has 1 atom stereocenters. The zero-order valence-corrected chi connectivity index (χ0v) is 14.8. The van der Waals surface area contributed by atoms with Gasteiger partial charge in [-0.25, -0.2) is 4.79 Å². The Hall–Kier alpha value is -2.24. The van der Waals surface area contributed by atoms with Gasteiger partial charge in [-0.2, -0.15) is 0 Å². The van der Waals surface area contributed by atoms with Gasteiger partial charge in [0.15, 0.2) is 0 Å². The number of carbonyl (C=O) groups is 1. The number of benzene rings is 2.